The molecule has 1 aliphatic heterocycles. The third-order valence-electron chi connectivity index (χ3n) is 3.61. The molecule has 2 aromatic carbocycles. The Hall–Kier alpha value is -1.80. The van der Waals surface area contributed by atoms with Gasteiger partial charge in [0.1, 0.15) is 6.61 Å². The molecule has 0 unspecified atom stereocenters. The molecule has 3 heteroatoms. The third kappa shape index (κ3) is 2.81. The van der Waals surface area contributed by atoms with Crippen LogP contribution in [-0.2, 0) is 4.74 Å². The van der Waals surface area contributed by atoms with Gasteiger partial charge in [-0.2, -0.15) is 0 Å². The molecule has 0 amide bonds. The van der Waals surface area contributed by atoms with Crippen LogP contribution in [0.25, 0.3) is 11.1 Å². The van der Waals surface area contributed by atoms with E-state index in [4.69, 9.17) is 16.3 Å². The predicted octanol–water partition coefficient (Wildman–Crippen LogP) is 4.87. The van der Waals surface area contributed by atoms with Gasteiger partial charge in [-0.05, 0) is 49.6 Å². The number of benzene rings is 2. The predicted molar refractivity (Wildman–Crippen MR) is 88.2 cm³/mol. The summed E-state index contributed by atoms with van der Waals surface area (Å²) in [5.41, 5.74) is 4.29. The summed E-state index contributed by atoms with van der Waals surface area (Å²) in [5.74, 6) is 0.681. The molecular weight excluding hydrogens is 282 g/mol. The minimum absolute atomic E-state index is 0.180. The number of ether oxygens (including phenoxy) is 1. The molecule has 0 bridgehead atoms. The highest BCUT2D eigenvalue weighted by molar-refractivity contribution is 6.31. The lowest BCUT2D eigenvalue weighted by Crippen LogP contribution is -2.17. The first kappa shape index (κ1) is 14.2. The van der Waals surface area contributed by atoms with Crippen LogP contribution in [-0.4, -0.2) is 18.0 Å². The molecule has 0 aliphatic carbocycles. The van der Waals surface area contributed by atoms with Crippen molar-refractivity contribution in [2.45, 2.75) is 26.3 Å². The zero-order chi connectivity index (χ0) is 15.0. The van der Waals surface area contributed by atoms with Crippen LogP contribution in [0.3, 0.4) is 0 Å². The van der Waals surface area contributed by atoms with Crippen molar-refractivity contribution in [3.63, 3.8) is 0 Å². The average molecular weight is 300 g/mol. The molecule has 0 saturated carbocycles. The maximum absolute atomic E-state index is 6.18. The van der Waals surface area contributed by atoms with Crippen molar-refractivity contribution in [2.24, 2.45) is 4.99 Å². The van der Waals surface area contributed by atoms with Crippen LogP contribution in [0.4, 0.5) is 0 Å². The van der Waals surface area contributed by atoms with Crippen molar-refractivity contribution >= 4 is 17.5 Å². The molecule has 0 fully saturated rings. The van der Waals surface area contributed by atoms with Gasteiger partial charge in [0.2, 0.25) is 5.90 Å². The lowest BCUT2D eigenvalue weighted by atomic mass is 9.96. The minimum Gasteiger partial charge on any atom is -0.475 e. The van der Waals surface area contributed by atoms with Crippen LogP contribution in [0.15, 0.2) is 47.5 Å². The van der Waals surface area contributed by atoms with Gasteiger partial charge in [-0.3, -0.25) is 0 Å². The first-order valence-corrected chi connectivity index (χ1v) is 7.43. The normalized spacial score (nSPS) is 16.5. The average Bonchev–Trinajstić information content (AvgIpc) is 2.80. The van der Waals surface area contributed by atoms with E-state index in [0.717, 1.165) is 11.1 Å². The van der Waals surface area contributed by atoms with Gasteiger partial charge in [0.05, 0.1) is 5.54 Å². The number of rotatable bonds is 2. The van der Waals surface area contributed by atoms with Crippen LogP contribution >= 0.6 is 11.6 Å². The Morgan fingerprint density at radius 3 is 2.48 bits per heavy atom. The van der Waals surface area contributed by atoms with Crippen molar-refractivity contribution in [1.82, 2.24) is 0 Å². The molecule has 1 heterocycles. The fourth-order valence-corrected chi connectivity index (χ4v) is 2.70. The van der Waals surface area contributed by atoms with E-state index in [0.29, 0.717) is 17.5 Å². The van der Waals surface area contributed by atoms with Gasteiger partial charge < -0.3 is 4.74 Å². The summed E-state index contributed by atoms with van der Waals surface area (Å²) < 4.78 is 5.80. The van der Waals surface area contributed by atoms with E-state index in [1.54, 1.807) is 0 Å². The van der Waals surface area contributed by atoms with E-state index in [1.807, 2.05) is 30.3 Å². The lowest BCUT2D eigenvalue weighted by molar-refractivity contribution is 0.279. The Kier molecular flexibility index (Phi) is 3.50. The van der Waals surface area contributed by atoms with Gasteiger partial charge in [0.25, 0.3) is 0 Å². The smallest absolute Gasteiger partial charge is 0.217 e. The second-order valence-electron chi connectivity index (χ2n) is 6.02. The van der Waals surface area contributed by atoms with Gasteiger partial charge in [-0.25, -0.2) is 4.99 Å². The Morgan fingerprint density at radius 1 is 1.05 bits per heavy atom. The largest absolute Gasteiger partial charge is 0.475 e. The highest BCUT2D eigenvalue weighted by Gasteiger charge is 2.28. The summed E-state index contributed by atoms with van der Waals surface area (Å²) in [6.45, 7) is 6.84. The molecule has 2 nitrogen and oxygen atoms in total. The maximum Gasteiger partial charge on any atom is 0.217 e. The summed E-state index contributed by atoms with van der Waals surface area (Å²) in [6, 6.07) is 14.2. The van der Waals surface area contributed by atoms with Crippen molar-refractivity contribution < 1.29 is 4.74 Å². The van der Waals surface area contributed by atoms with Crippen LogP contribution < -0.4 is 0 Å². The standard InChI is InChI=1S/C18H18ClNO/c1-12-6-4-5-7-14(12)15-9-8-13(19)10-16(15)17-20-18(2,3)11-21-17/h4-10H,11H2,1-3H3. The maximum atomic E-state index is 6.18. The SMILES string of the molecule is Cc1ccccc1-c1ccc(Cl)cc1C1=NC(C)(C)CO1. The Bertz CT molecular complexity index is 719. The van der Waals surface area contributed by atoms with Gasteiger partial charge in [-0.1, -0.05) is 41.9 Å². The van der Waals surface area contributed by atoms with Crippen molar-refractivity contribution in [3.8, 4) is 11.1 Å². The summed E-state index contributed by atoms with van der Waals surface area (Å²) in [5, 5.41) is 0.693. The van der Waals surface area contributed by atoms with Crippen molar-refractivity contribution in [2.75, 3.05) is 6.61 Å². The van der Waals surface area contributed by atoms with E-state index >= 15 is 0 Å². The molecular formula is C18H18ClNO. The highest BCUT2D eigenvalue weighted by Crippen LogP contribution is 2.32. The zero-order valence-corrected chi connectivity index (χ0v) is 13.2. The molecule has 2 aromatic rings. The van der Waals surface area contributed by atoms with Crippen LogP contribution in [0.2, 0.25) is 5.02 Å². The molecule has 1 aliphatic rings. The van der Waals surface area contributed by atoms with E-state index in [9.17, 15) is 0 Å². The molecule has 0 atom stereocenters. The topological polar surface area (TPSA) is 21.6 Å². The highest BCUT2D eigenvalue weighted by atomic mass is 35.5. The number of aliphatic imine (C=N–C) groups is 1. The molecule has 0 N–H and O–H groups in total. The zero-order valence-electron chi connectivity index (χ0n) is 12.5. The molecule has 0 saturated heterocycles. The monoisotopic (exact) mass is 299 g/mol. The summed E-state index contributed by atoms with van der Waals surface area (Å²) in [6.07, 6.45) is 0. The Labute approximate surface area is 130 Å². The van der Waals surface area contributed by atoms with E-state index in [1.165, 1.54) is 11.1 Å². The minimum atomic E-state index is -0.180. The van der Waals surface area contributed by atoms with Gasteiger partial charge in [-0.15, -0.1) is 0 Å². The second-order valence-corrected chi connectivity index (χ2v) is 6.46. The van der Waals surface area contributed by atoms with Crippen LogP contribution in [0, 0.1) is 6.92 Å². The van der Waals surface area contributed by atoms with Crippen molar-refractivity contribution in [1.29, 1.82) is 0 Å². The first-order valence-electron chi connectivity index (χ1n) is 7.05. The summed E-state index contributed by atoms with van der Waals surface area (Å²) in [4.78, 5) is 4.68. The fraction of sp³-hybridized carbons (Fsp3) is 0.278. The van der Waals surface area contributed by atoms with Crippen molar-refractivity contribution in [3.05, 3.63) is 58.6 Å². The van der Waals surface area contributed by atoms with E-state index in [-0.39, 0.29) is 5.54 Å². The molecule has 0 spiro atoms. The van der Waals surface area contributed by atoms with Gasteiger partial charge in [0, 0.05) is 10.6 Å². The second kappa shape index (κ2) is 5.19. The first-order chi connectivity index (χ1) is 9.96. The number of halogens is 1. The number of hydrogen-bond acceptors (Lipinski definition) is 2. The Balaban J connectivity index is 2.17. The number of nitrogens with zero attached hydrogens (tertiary/aromatic N) is 1. The molecule has 0 aromatic heterocycles. The Morgan fingerprint density at radius 2 is 1.81 bits per heavy atom. The van der Waals surface area contributed by atoms with Crippen LogP contribution in [0.5, 0.6) is 0 Å². The van der Waals surface area contributed by atoms with E-state index in [2.05, 4.69) is 37.9 Å². The molecule has 21 heavy (non-hydrogen) atoms. The third-order valence-corrected chi connectivity index (χ3v) is 3.85. The van der Waals surface area contributed by atoms with Gasteiger partial charge >= 0.3 is 0 Å². The fourth-order valence-electron chi connectivity index (χ4n) is 2.53. The van der Waals surface area contributed by atoms with E-state index < -0.39 is 0 Å². The lowest BCUT2D eigenvalue weighted by Gasteiger charge is -2.12. The molecule has 108 valence electrons. The quantitative estimate of drug-likeness (QED) is 0.775. The summed E-state index contributed by atoms with van der Waals surface area (Å²) >= 11 is 6.18. The number of aryl methyl sites for hydroxylation is 1. The van der Waals surface area contributed by atoms with Crippen LogP contribution in [0.1, 0.15) is 25.0 Å². The molecule has 3 rings (SSSR count). The molecule has 0 radical (unpaired) electrons. The summed E-state index contributed by atoms with van der Waals surface area (Å²) in [7, 11) is 0. The number of hydrogen-bond donors (Lipinski definition) is 0. The van der Waals surface area contributed by atoms with Gasteiger partial charge in [0.15, 0.2) is 0 Å².